The first-order valence-corrected chi connectivity index (χ1v) is 9.92. The molecule has 0 bridgehead atoms. The molecule has 8 heteroatoms. The van der Waals surface area contributed by atoms with E-state index in [0.29, 0.717) is 22.4 Å². The molecule has 142 valence electrons. The quantitative estimate of drug-likeness (QED) is 0.664. The lowest BCUT2D eigenvalue weighted by atomic mass is 10.2. The number of fused-ring (bicyclic) bond motifs is 1. The van der Waals surface area contributed by atoms with Gasteiger partial charge in [0, 0.05) is 18.0 Å². The van der Waals surface area contributed by atoms with Gasteiger partial charge in [0.15, 0.2) is 5.82 Å². The van der Waals surface area contributed by atoms with Gasteiger partial charge < -0.3 is 10.2 Å². The Labute approximate surface area is 166 Å². The third-order valence-electron chi connectivity index (χ3n) is 4.46. The van der Waals surface area contributed by atoms with Gasteiger partial charge in [0.25, 0.3) is 0 Å². The molecule has 0 saturated heterocycles. The van der Waals surface area contributed by atoms with Gasteiger partial charge in [-0.15, -0.1) is 5.10 Å². The smallest absolute Gasteiger partial charge is 0.237 e. The van der Waals surface area contributed by atoms with Crippen LogP contribution in [0.5, 0.6) is 0 Å². The largest absolute Gasteiger partial charge is 0.324 e. The van der Waals surface area contributed by atoms with E-state index in [1.165, 1.54) is 11.8 Å². The number of thioether (sulfide) groups is 1. The van der Waals surface area contributed by atoms with Gasteiger partial charge in [0.1, 0.15) is 0 Å². The number of rotatable bonds is 4. The van der Waals surface area contributed by atoms with Gasteiger partial charge in [-0.05, 0) is 19.1 Å². The van der Waals surface area contributed by atoms with Gasteiger partial charge in [0.2, 0.25) is 17.0 Å². The zero-order valence-electron chi connectivity index (χ0n) is 15.3. The van der Waals surface area contributed by atoms with Gasteiger partial charge in [-0.25, -0.2) is 4.98 Å². The summed E-state index contributed by atoms with van der Waals surface area (Å²) >= 11 is 1.27. The van der Waals surface area contributed by atoms with Crippen molar-refractivity contribution in [1.82, 2.24) is 15.2 Å². The Bertz CT molecular complexity index is 1000. The molecule has 0 unspecified atom stereocenters. The highest BCUT2D eigenvalue weighted by atomic mass is 32.2. The Hall–Kier alpha value is -3.13. The molecule has 0 saturated carbocycles. The van der Waals surface area contributed by atoms with Crippen LogP contribution in [0.4, 0.5) is 11.4 Å². The molecule has 2 N–H and O–H groups in total. The van der Waals surface area contributed by atoms with Crippen molar-refractivity contribution < 1.29 is 9.59 Å². The Kier molecular flexibility index (Phi) is 5.12. The number of amides is 2. The van der Waals surface area contributed by atoms with Crippen LogP contribution < -0.4 is 10.2 Å². The van der Waals surface area contributed by atoms with E-state index in [0.717, 1.165) is 5.56 Å². The van der Waals surface area contributed by atoms with Gasteiger partial charge in [0.05, 0.1) is 17.1 Å². The predicted molar refractivity (Wildman–Crippen MR) is 109 cm³/mol. The number of carbonyl (C=O) groups is 2. The monoisotopic (exact) mass is 393 g/mol. The first-order chi connectivity index (χ1) is 13.6. The van der Waals surface area contributed by atoms with Crippen LogP contribution in [0.3, 0.4) is 0 Å². The minimum atomic E-state index is -0.233. The van der Waals surface area contributed by atoms with Crippen molar-refractivity contribution in [3.63, 3.8) is 0 Å². The molecular weight excluding hydrogens is 374 g/mol. The number of hydrogen-bond donors (Lipinski definition) is 2. The zero-order chi connectivity index (χ0) is 19.5. The highest BCUT2D eigenvalue weighted by Crippen LogP contribution is 2.32. The van der Waals surface area contributed by atoms with Gasteiger partial charge >= 0.3 is 0 Å². The highest BCUT2D eigenvalue weighted by Gasteiger charge is 2.29. The van der Waals surface area contributed by atoms with Crippen molar-refractivity contribution in [2.75, 3.05) is 16.0 Å². The lowest BCUT2D eigenvalue weighted by Crippen LogP contribution is -2.40. The van der Waals surface area contributed by atoms with E-state index in [2.05, 4.69) is 20.5 Å². The second-order valence-corrected chi connectivity index (χ2v) is 7.45. The van der Waals surface area contributed by atoms with Crippen molar-refractivity contribution in [3.05, 3.63) is 54.6 Å². The van der Waals surface area contributed by atoms with Crippen LogP contribution in [0.2, 0.25) is 0 Å². The maximum atomic E-state index is 13.0. The maximum Gasteiger partial charge on any atom is 0.237 e. The molecule has 7 nitrogen and oxygen atoms in total. The van der Waals surface area contributed by atoms with Crippen molar-refractivity contribution in [1.29, 1.82) is 0 Å². The lowest BCUT2D eigenvalue weighted by Gasteiger charge is -2.27. The molecule has 3 aromatic rings. The van der Waals surface area contributed by atoms with Crippen LogP contribution in [-0.2, 0) is 9.59 Å². The molecule has 1 aliphatic rings. The van der Waals surface area contributed by atoms with Crippen molar-refractivity contribution >= 4 is 35.0 Å². The van der Waals surface area contributed by atoms with E-state index in [4.69, 9.17) is 0 Å². The molecule has 2 heterocycles. The third kappa shape index (κ3) is 3.77. The van der Waals surface area contributed by atoms with Crippen LogP contribution in [0, 0.1) is 0 Å². The molecular formula is C20H19N5O2S. The molecule has 1 aliphatic heterocycles. The number of aromatic nitrogens is 3. The van der Waals surface area contributed by atoms with Crippen LogP contribution in [0.15, 0.2) is 59.8 Å². The molecule has 0 fully saturated rings. The molecule has 2 aromatic carbocycles. The number of hydrogen-bond acceptors (Lipinski definition) is 5. The molecule has 0 radical (unpaired) electrons. The second-order valence-electron chi connectivity index (χ2n) is 6.50. The average Bonchev–Trinajstić information content (AvgIpc) is 3.12. The summed E-state index contributed by atoms with van der Waals surface area (Å²) in [6.45, 7) is 1.88. The van der Waals surface area contributed by atoms with Crippen LogP contribution in [0.1, 0.15) is 13.3 Å². The summed E-state index contributed by atoms with van der Waals surface area (Å²) in [5.74, 6) is 0.662. The van der Waals surface area contributed by atoms with E-state index in [-0.39, 0.29) is 30.0 Å². The van der Waals surface area contributed by atoms with Crippen LogP contribution in [0.25, 0.3) is 11.4 Å². The summed E-state index contributed by atoms with van der Waals surface area (Å²) in [7, 11) is 0. The highest BCUT2D eigenvalue weighted by molar-refractivity contribution is 7.99. The minimum Gasteiger partial charge on any atom is -0.324 e. The van der Waals surface area contributed by atoms with Crippen molar-refractivity contribution in [3.8, 4) is 11.4 Å². The van der Waals surface area contributed by atoms with E-state index >= 15 is 0 Å². The third-order valence-corrected chi connectivity index (χ3v) is 5.30. The number of benzene rings is 2. The molecule has 1 atom stereocenters. The van der Waals surface area contributed by atoms with Gasteiger partial charge in [-0.1, -0.05) is 54.2 Å². The fraction of sp³-hybridized carbons (Fsp3) is 0.200. The van der Waals surface area contributed by atoms with Gasteiger partial charge in [-0.3, -0.25) is 14.7 Å². The molecule has 0 spiro atoms. The lowest BCUT2D eigenvalue weighted by molar-refractivity contribution is -0.117. The summed E-state index contributed by atoms with van der Waals surface area (Å²) in [6, 6.07) is 16.8. The average molecular weight is 393 g/mol. The zero-order valence-corrected chi connectivity index (χ0v) is 16.1. The van der Waals surface area contributed by atoms with Crippen LogP contribution >= 0.6 is 11.8 Å². The van der Waals surface area contributed by atoms with Gasteiger partial charge in [-0.2, -0.15) is 0 Å². The molecule has 1 aromatic heterocycles. The number of carbonyl (C=O) groups excluding carboxylic acids is 2. The SMILES string of the molecule is C[C@@H]1CC(=O)Nc2ccccc2N1C(=O)CSc1n[nH]c(-c2ccccc2)n1. The normalized spacial score (nSPS) is 16.2. The summed E-state index contributed by atoms with van der Waals surface area (Å²) in [6.07, 6.45) is 0.254. The number of nitrogens with one attached hydrogen (secondary N) is 2. The maximum absolute atomic E-state index is 13.0. The van der Waals surface area contributed by atoms with E-state index in [1.807, 2.05) is 55.5 Å². The van der Waals surface area contributed by atoms with E-state index < -0.39 is 0 Å². The Morgan fingerprint density at radius 1 is 1.18 bits per heavy atom. The Balaban J connectivity index is 1.49. The number of aromatic amines is 1. The molecule has 28 heavy (non-hydrogen) atoms. The Morgan fingerprint density at radius 2 is 1.93 bits per heavy atom. The Morgan fingerprint density at radius 3 is 2.75 bits per heavy atom. The summed E-state index contributed by atoms with van der Waals surface area (Å²) in [4.78, 5) is 31.2. The summed E-state index contributed by atoms with van der Waals surface area (Å²) in [5.41, 5.74) is 2.30. The van der Waals surface area contributed by atoms with Crippen molar-refractivity contribution in [2.45, 2.75) is 24.5 Å². The second kappa shape index (κ2) is 7.85. The predicted octanol–water partition coefficient (Wildman–Crippen LogP) is 3.33. The fourth-order valence-electron chi connectivity index (χ4n) is 3.20. The van der Waals surface area contributed by atoms with E-state index in [1.54, 1.807) is 11.0 Å². The first kappa shape index (κ1) is 18.2. The topological polar surface area (TPSA) is 91.0 Å². The molecule has 2 amide bonds. The molecule has 0 aliphatic carbocycles. The standard InChI is InChI=1S/C20H19N5O2S/c1-13-11-17(26)21-15-9-5-6-10-16(15)25(13)18(27)12-28-20-22-19(23-24-20)14-7-3-2-4-8-14/h2-10,13H,11-12H2,1H3,(H,21,26)(H,22,23,24)/t13-/m1/s1. The number of nitrogens with zero attached hydrogens (tertiary/aromatic N) is 3. The van der Waals surface area contributed by atoms with Crippen LogP contribution in [-0.4, -0.2) is 38.8 Å². The molecule has 4 rings (SSSR count). The summed E-state index contributed by atoms with van der Waals surface area (Å²) in [5, 5.41) is 10.5. The summed E-state index contributed by atoms with van der Waals surface area (Å²) < 4.78 is 0. The van der Waals surface area contributed by atoms with Crippen molar-refractivity contribution in [2.24, 2.45) is 0 Å². The van der Waals surface area contributed by atoms with E-state index in [9.17, 15) is 9.59 Å². The number of anilines is 2. The number of H-pyrrole nitrogens is 1. The minimum absolute atomic E-state index is 0.0903. The number of para-hydroxylation sites is 2. The first-order valence-electron chi connectivity index (χ1n) is 8.93. The fourth-order valence-corrected chi connectivity index (χ4v) is 3.86.